The Labute approximate surface area is 352 Å². The van der Waals surface area contributed by atoms with Crippen LogP contribution in [0, 0.1) is 0 Å². The molecule has 0 fully saturated rings. The Balaban J connectivity index is 0.977. The number of nitrogens with zero attached hydrogens (tertiary/aromatic N) is 2. The Kier molecular flexibility index (Phi) is 7.01. The van der Waals surface area contributed by atoms with E-state index in [9.17, 15) is 0 Å². The summed E-state index contributed by atoms with van der Waals surface area (Å²) in [6.07, 6.45) is 0. The van der Waals surface area contributed by atoms with Crippen molar-refractivity contribution in [3.05, 3.63) is 229 Å². The zero-order chi connectivity index (χ0) is 43.9. The van der Waals surface area contributed by atoms with E-state index in [-0.39, 0.29) is 35.1 Å². The minimum Gasteiger partial charge on any atom is -0.310 e. The van der Waals surface area contributed by atoms with Crippen LogP contribution in [0.1, 0.15) is 31.8 Å². The molecule has 0 saturated heterocycles. The van der Waals surface area contributed by atoms with Crippen LogP contribution in [0.3, 0.4) is 0 Å². The second-order valence-electron chi connectivity index (χ2n) is 15.8. The first-order chi connectivity index (χ1) is 31.1. The Morgan fingerprint density at radius 3 is 1.75 bits per heavy atom. The van der Waals surface area contributed by atoms with Gasteiger partial charge in [-0.1, -0.05) is 159 Å². The Morgan fingerprint density at radius 2 is 0.983 bits per heavy atom. The van der Waals surface area contributed by atoms with Gasteiger partial charge in [-0.3, -0.25) is 0 Å². The van der Waals surface area contributed by atoms with Gasteiger partial charge in [0.15, 0.2) is 0 Å². The third-order valence-corrected chi connectivity index (χ3v) is 12.1. The van der Waals surface area contributed by atoms with Crippen LogP contribution in [0.25, 0.3) is 72.0 Å². The van der Waals surface area contributed by atoms with E-state index in [0.29, 0.717) is 5.56 Å². The molecular formula is C57H42N2. The molecule has 10 aromatic rings. The zero-order valence-electron chi connectivity index (χ0n) is 37.8. The van der Waals surface area contributed by atoms with Gasteiger partial charge in [-0.2, -0.15) is 0 Å². The summed E-state index contributed by atoms with van der Waals surface area (Å²) < 4.78 is 44.2. The van der Waals surface area contributed by atoms with Crippen LogP contribution in [0.5, 0.6) is 0 Å². The van der Waals surface area contributed by atoms with Crippen molar-refractivity contribution < 1.29 is 6.85 Å². The van der Waals surface area contributed by atoms with E-state index >= 15 is 0 Å². The molecule has 59 heavy (non-hydrogen) atoms. The minimum absolute atomic E-state index is 0.187. The fourth-order valence-electron chi connectivity index (χ4n) is 9.14. The average molecular weight is 760 g/mol. The maximum absolute atomic E-state index is 8.60. The van der Waals surface area contributed by atoms with Gasteiger partial charge in [-0.15, -0.1) is 0 Å². The van der Waals surface area contributed by atoms with Crippen molar-refractivity contribution in [3.63, 3.8) is 0 Å². The standard InChI is InChI=1S/C57H42N2/c1-57(2)53-22-11-9-20-49(53)50-34-33-48(38-54(50)57)58(46-29-24-40(25-30-46)39-14-5-3-6-15-39)47-31-26-41(27-32-47)42-16-13-17-43(36-42)44-28-35-56-52(37-44)51-21-10-12-23-55(51)59(56)45-18-7-4-8-19-45/h3-38H,1-2H3/i3D,5D,6D,14D,15D. The van der Waals surface area contributed by atoms with Crippen molar-refractivity contribution in [3.8, 4) is 50.2 Å². The molecule has 0 saturated carbocycles. The van der Waals surface area contributed by atoms with Crippen LogP contribution in [0.2, 0.25) is 0 Å². The highest BCUT2D eigenvalue weighted by Gasteiger charge is 2.35. The van der Waals surface area contributed by atoms with Crippen molar-refractivity contribution in [2.24, 2.45) is 0 Å². The summed E-state index contributed by atoms with van der Waals surface area (Å²) in [6, 6.07) is 64.8. The van der Waals surface area contributed by atoms with Crippen LogP contribution < -0.4 is 4.90 Å². The largest absolute Gasteiger partial charge is 0.310 e. The molecule has 1 aliphatic carbocycles. The third kappa shape index (κ3) is 5.87. The molecular weight excluding hydrogens is 713 g/mol. The molecule has 0 radical (unpaired) electrons. The monoisotopic (exact) mass is 759 g/mol. The maximum atomic E-state index is 8.60. The smallest absolute Gasteiger partial charge is 0.0629 e. The molecule has 280 valence electrons. The summed E-state index contributed by atoms with van der Waals surface area (Å²) in [5.74, 6) is 0. The zero-order valence-corrected chi connectivity index (χ0v) is 32.8. The van der Waals surface area contributed by atoms with E-state index in [4.69, 9.17) is 6.85 Å². The Bertz CT molecular complexity index is 3430. The van der Waals surface area contributed by atoms with Gasteiger partial charge < -0.3 is 9.47 Å². The molecule has 9 aromatic carbocycles. The summed E-state index contributed by atoms with van der Waals surface area (Å²) in [7, 11) is 0. The highest BCUT2D eigenvalue weighted by molar-refractivity contribution is 6.10. The van der Waals surface area contributed by atoms with Gasteiger partial charge in [-0.05, 0) is 128 Å². The first-order valence-electron chi connectivity index (χ1n) is 22.6. The fourth-order valence-corrected chi connectivity index (χ4v) is 9.14. The lowest BCUT2D eigenvalue weighted by Gasteiger charge is -2.28. The van der Waals surface area contributed by atoms with Gasteiger partial charge >= 0.3 is 0 Å². The molecule has 0 amide bonds. The van der Waals surface area contributed by atoms with Gasteiger partial charge in [0.2, 0.25) is 0 Å². The van der Waals surface area contributed by atoms with Crippen LogP contribution >= 0.6 is 0 Å². The van der Waals surface area contributed by atoms with E-state index in [1.807, 2.05) is 24.3 Å². The second kappa shape index (κ2) is 13.9. The van der Waals surface area contributed by atoms with Gasteiger partial charge in [0.1, 0.15) is 0 Å². The number of anilines is 3. The van der Waals surface area contributed by atoms with E-state index < -0.39 is 6.04 Å². The highest BCUT2D eigenvalue weighted by atomic mass is 15.1. The Hall–Kier alpha value is -7.42. The molecule has 0 atom stereocenters. The van der Waals surface area contributed by atoms with Crippen molar-refractivity contribution in [1.82, 2.24) is 4.57 Å². The van der Waals surface area contributed by atoms with E-state index in [2.05, 4.69) is 187 Å². The average Bonchev–Trinajstić information content (AvgIpc) is 3.79. The molecule has 0 unspecified atom stereocenters. The Morgan fingerprint density at radius 1 is 0.407 bits per heavy atom. The quantitative estimate of drug-likeness (QED) is 0.157. The van der Waals surface area contributed by atoms with Gasteiger partial charge in [0.05, 0.1) is 17.9 Å². The van der Waals surface area contributed by atoms with E-state index in [1.165, 1.54) is 44.1 Å². The van der Waals surface area contributed by atoms with Crippen molar-refractivity contribution in [2.45, 2.75) is 19.3 Å². The first-order valence-corrected chi connectivity index (χ1v) is 20.1. The number of fused-ring (bicyclic) bond motifs is 6. The predicted octanol–water partition coefficient (Wildman–Crippen LogP) is 15.6. The summed E-state index contributed by atoms with van der Waals surface area (Å²) in [5.41, 5.74) is 16.4. The summed E-state index contributed by atoms with van der Waals surface area (Å²) in [4.78, 5) is 2.23. The molecule has 0 N–H and O–H groups in total. The van der Waals surface area contributed by atoms with Gasteiger partial charge in [0, 0.05) is 38.9 Å². The highest BCUT2D eigenvalue weighted by Crippen LogP contribution is 2.50. The molecule has 1 heterocycles. The normalized spacial score (nSPS) is 13.9. The lowest BCUT2D eigenvalue weighted by Crippen LogP contribution is -2.16. The predicted molar refractivity (Wildman–Crippen MR) is 249 cm³/mol. The maximum Gasteiger partial charge on any atom is 0.0629 e. The summed E-state index contributed by atoms with van der Waals surface area (Å²) >= 11 is 0. The van der Waals surface area contributed by atoms with Gasteiger partial charge in [-0.25, -0.2) is 0 Å². The van der Waals surface area contributed by atoms with Gasteiger partial charge in [0.25, 0.3) is 0 Å². The lowest BCUT2D eigenvalue weighted by molar-refractivity contribution is 0.660. The number of rotatable bonds is 7. The summed E-state index contributed by atoms with van der Waals surface area (Å²) in [5, 5.41) is 2.44. The number of benzene rings is 9. The minimum atomic E-state index is -0.400. The van der Waals surface area contributed by atoms with Crippen LogP contribution in [-0.4, -0.2) is 4.57 Å². The molecule has 1 aromatic heterocycles. The molecule has 2 nitrogen and oxygen atoms in total. The first kappa shape index (κ1) is 29.8. The van der Waals surface area contributed by atoms with Crippen LogP contribution in [0.15, 0.2) is 218 Å². The number of hydrogen-bond donors (Lipinski definition) is 0. The summed E-state index contributed by atoms with van der Waals surface area (Å²) in [6.45, 7) is 4.56. The molecule has 0 aliphatic heterocycles. The van der Waals surface area contributed by atoms with Crippen molar-refractivity contribution in [2.75, 3.05) is 4.90 Å². The van der Waals surface area contributed by atoms with Crippen LogP contribution in [0.4, 0.5) is 17.1 Å². The lowest BCUT2D eigenvalue weighted by atomic mass is 9.82. The molecule has 1 aliphatic rings. The van der Waals surface area contributed by atoms with E-state index in [1.54, 1.807) is 0 Å². The molecule has 0 bridgehead atoms. The second-order valence-corrected chi connectivity index (χ2v) is 15.8. The fraction of sp³-hybridized carbons (Fsp3) is 0.0526. The number of hydrogen-bond acceptors (Lipinski definition) is 1. The molecule has 11 rings (SSSR count). The SMILES string of the molecule is [2H]c1c([2H])c([2H])c(-c2ccc(N(c3ccc(-c4cccc(-c5ccc6c(c5)c5ccccc5n6-c5ccccc5)c4)cc3)c3ccc4c(c3)C(C)(C)c3ccccc3-4)cc2)c([2H])c1[2H]. The van der Waals surface area contributed by atoms with Crippen molar-refractivity contribution >= 4 is 38.9 Å². The molecule has 2 heteroatoms. The van der Waals surface area contributed by atoms with Crippen LogP contribution in [-0.2, 0) is 5.41 Å². The third-order valence-electron chi connectivity index (χ3n) is 12.1. The van der Waals surface area contributed by atoms with E-state index in [0.717, 1.165) is 45.0 Å². The number of aromatic nitrogens is 1. The molecule has 0 spiro atoms. The number of para-hydroxylation sites is 2. The van der Waals surface area contributed by atoms with Crippen molar-refractivity contribution in [1.29, 1.82) is 0 Å². The topological polar surface area (TPSA) is 8.17 Å².